The lowest BCUT2D eigenvalue weighted by atomic mass is 9.95. The first-order chi connectivity index (χ1) is 6.64. The lowest BCUT2D eigenvalue weighted by Crippen LogP contribution is -2.48. The summed E-state index contributed by atoms with van der Waals surface area (Å²) in [6.45, 7) is 0. The Hall–Kier alpha value is -1.59. The Morgan fingerprint density at radius 3 is 2.64 bits per heavy atom. The van der Waals surface area contributed by atoms with Gasteiger partial charge >= 0.3 is 0 Å². The molecule has 1 rings (SSSR count). The fraction of sp³-hybridized carbons (Fsp3) is 0.625. The SMILES string of the molecule is CNC(=O)CC1(C(=O)NC)CC=NO1. The minimum atomic E-state index is -1.16. The van der Waals surface area contributed by atoms with Crippen molar-refractivity contribution in [2.24, 2.45) is 5.16 Å². The van der Waals surface area contributed by atoms with Gasteiger partial charge in [0.05, 0.1) is 6.42 Å². The summed E-state index contributed by atoms with van der Waals surface area (Å²) in [6.07, 6.45) is 1.78. The molecule has 0 aromatic rings. The molecular formula is C8H13N3O3. The Kier molecular flexibility index (Phi) is 3.06. The molecule has 6 heteroatoms. The van der Waals surface area contributed by atoms with Gasteiger partial charge in [-0.2, -0.15) is 0 Å². The van der Waals surface area contributed by atoms with Crippen LogP contribution in [0.25, 0.3) is 0 Å². The monoisotopic (exact) mass is 199 g/mol. The van der Waals surface area contributed by atoms with Crippen LogP contribution in [0.4, 0.5) is 0 Å². The number of hydrogen-bond acceptors (Lipinski definition) is 4. The number of carbonyl (C=O) groups is 2. The van der Waals surface area contributed by atoms with Crippen molar-refractivity contribution in [1.29, 1.82) is 0 Å². The first-order valence-electron chi connectivity index (χ1n) is 4.27. The van der Waals surface area contributed by atoms with Crippen LogP contribution < -0.4 is 10.6 Å². The Labute approximate surface area is 81.7 Å². The molecule has 1 atom stereocenters. The van der Waals surface area contributed by atoms with Crippen molar-refractivity contribution < 1.29 is 14.4 Å². The van der Waals surface area contributed by atoms with Gasteiger partial charge in [0.25, 0.3) is 5.91 Å². The van der Waals surface area contributed by atoms with E-state index in [1.165, 1.54) is 20.3 Å². The lowest BCUT2D eigenvalue weighted by Gasteiger charge is -2.23. The van der Waals surface area contributed by atoms with Crippen LogP contribution in [-0.2, 0) is 14.4 Å². The largest absolute Gasteiger partial charge is 0.379 e. The third-order valence-electron chi connectivity index (χ3n) is 2.09. The highest BCUT2D eigenvalue weighted by Crippen LogP contribution is 2.24. The summed E-state index contributed by atoms with van der Waals surface area (Å²) in [7, 11) is 3.01. The molecule has 14 heavy (non-hydrogen) atoms. The van der Waals surface area contributed by atoms with Gasteiger partial charge in [-0.05, 0) is 0 Å². The zero-order chi connectivity index (χ0) is 10.6. The maximum atomic E-state index is 11.5. The highest BCUT2D eigenvalue weighted by atomic mass is 16.7. The standard InChI is InChI=1S/C8H13N3O3/c1-9-6(12)5-8(7(13)10-2)3-4-11-14-8/h4H,3,5H2,1-2H3,(H,9,12)(H,10,13). The van der Waals surface area contributed by atoms with Crippen LogP contribution in [0.3, 0.4) is 0 Å². The topological polar surface area (TPSA) is 79.8 Å². The third kappa shape index (κ3) is 1.84. The van der Waals surface area contributed by atoms with Gasteiger partial charge in [0, 0.05) is 26.7 Å². The molecule has 78 valence electrons. The first kappa shape index (κ1) is 10.5. The summed E-state index contributed by atoms with van der Waals surface area (Å²) >= 11 is 0. The number of nitrogens with zero attached hydrogens (tertiary/aromatic N) is 1. The molecule has 0 aromatic heterocycles. The molecule has 0 saturated heterocycles. The van der Waals surface area contributed by atoms with Gasteiger partial charge in [-0.15, -0.1) is 0 Å². The summed E-state index contributed by atoms with van der Waals surface area (Å²) in [6, 6.07) is 0. The molecule has 2 amide bonds. The van der Waals surface area contributed by atoms with Gasteiger partial charge in [0.1, 0.15) is 0 Å². The smallest absolute Gasteiger partial charge is 0.267 e. The summed E-state index contributed by atoms with van der Waals surface area (Å²) in [5.41, 5.74) is -1.16. The minimum Gasteiger partial charge on any atom is -0.379 e. The number of amides is 2. The first-order valence-corrected chi connectivity index (χ1v) is 4.27. The molecule has 1 unspecified atom stereocenters. The summed E-state index contributed by atoms with van der Waals surface area (Å²) < 4.78 is 0. The van der Waals surface area contributed by atoms with E-state index in [0.29, 0.717) is 6.42 Å². The van der Waals surface area contributed by atoms with Crippen LogP contribution in [-0.4, -0.2) is 37.7 Å². The quantitative estimate of drug-likeness (QED) is 0.612. The molecule has 0 bridgehead atoms. The Morgan fingerprint density at radius 1 is 1.50 bits per heavy atom. The molecule has 2 N–H and O–H groups in total. The molecular weight excluding hydrogens is 186 g/mol. The third-order valence-corrected chi connectivity index (χ3v) is 2.09. The van der Waals surface area contributed by atoms with E-state index in [4.69, 9.17) is 4.84 Å². The maximum absolute atomic E-state index is 11.5. The number of carbonyl (C=O) groups excluding carboxylic acids is 2. The van der Waals surface area contributed by atoms with E-state index in [2.05, 4.69) is 15.8 Å². The van der Waals surface area contributed by atoms with Crippen LogP contribution >= 0.6 is 0 Å². The van der Waals surface area contributed by atoms with Crippen molar-refractivity contribution in [3.63, 3.8) is 0 Å². The van der Waals surface area contributed by atoms with E-state index in [1.807, 2.05) is 0 Å². The van der Waals surface area contributed by atoms with Gasteiger partial charge in [0.2, 0.25) is 11.5 Å². The van der Waals surface area contributed by atoms with Gasteiger partial charge in [-0.1, -0.05) is 5.16 Å². The highest BCUT2D eigenvalue weighted by molar-refractivity contribution is 5.93. The fourth-order valence-corrected chi connectivity index (χ4v) is 1.25. The van der Waals surface area contributed by atoms with E-state index in [1.54, 1.807) is 0 Å². The van der Waals surface area contributed by atoms with Crippen molar-refractivity contribution in [1.82, 2.24) is 10.6 Å². The molecule has 0 aromatic carbocycles. The summed E-state index contributed by atoms with van der Waals surface area (Å²) in [4.78, 5) is 27.6. The number of nitrogens with one attached hydrogen (secondary N) is 2. The zero-order valence-electron chi connectivity index (χ0n) is 8.16. The van der Waals surface area contributed by atoms with Crippen LogP contribution in [0.1, 0.15) is 12.8 Å². The molecule has 0 radical (unpaired) electrons. The second-order valence-electron chi connectivity index (χ2n) is 3.01. The number of likely N-dealkylation sites (N-methyl/N-ethyl adjacent to an activating group) is 1. The van der Waals surface area contributed by atoms with E-state index in [9.17, 15) is 9.59 Å². The van der Waals surface area contributed by atoms with Crippen molar-refractivity contribution in [3.8, 4) is 0 Å². The van der Waals surface area contributed by atoms with Crippen LogP contribution in [0, 0.1) is 0 Å². The van der Waals surface area contributed by atoms with Crippen molar-refractivity contribution in [2.45, 2.75) is 18.4 Å². The maximum Gasteiger partial charge on any atom is 0.267 e. The molecule has 0 spiro atoms. The summed E-state index contributed by atoms with van der Waals surface area (Å²) in [5.74, 6) is -0.585. The lowest BCUT2D eigenvalue weighted by molar-refractivity contribution is -0.149. The van der Waals surface area contributed by atoms with E-state index in [0.717, 1.165) is 0 Å². The van der Waals surface area contributed by atoms with Crippen LogP contribution in [0.2, 0.25) is 0 Å². The van der Waals surface area contributed by atoms with Gasteiger partial charge in [-0.3, -0.25) is 9.59 Å². The van der Waals surface area contributed by atoms with Gasteiger partial charge in [-0.25, -0.2) is 0 Å². The number of hydrogen-bond donors (Lipinski definition) is 2. The molecule has 6 nitrogen and oxygen atoms in total. The second kappa shape index (κ2) is 4.08. The Bertz CT molecular complexity index is 267. The Balaban J connectivity index is 2.73. The number of rotatable bonds is 3. The molecule has 1 aliphatic rings. The fourth-order valence-electron chi connectivity index (χ4n) is 1.25. The number of oxime groups is 1. The average Bonchev–Trinajstić information content (AvgIpc) is 2.66. The van der Waals surface area contributed by atoms with Crippen LogP contribution in [0.15, 0.2) is 5.16 Å². The van der Waals surface area contributed by atoms with E-state index in [-0.39, 0.29) is 18.2 Å². The molecule has 0 saturated carbocycles. The predicted octanol–water partition coefficient (Wildman–Crippen LogP) is -0.987. The zero-order valence-corrected chi connectivity index (χ0v) is 8.16. The molecule has 1 aliphatic heterocycles. The van der Waals surface area contributed by atoms with Gasteiger partial charge in [0.15, 0.2) is 0 Å². The van der Waals surface area contributed by atoms with Gasteiger partial charge < -0.3 is 15.5 Å². The van der Waals surface area contributed by atoms with Crippen molar-refractivity contribution >= 4 is 18.0 Å². The normalized spacial score (nSPS) is 24.1. The predicted molar refractivity (Wildman–Crippen MR) is 49.7 cm³/mol. The van der Waals surface area contributed by atoms with Crippen molar-refractivity contribution in [2.75, 3.05) is 14.1 Å². The second-order valence-corrected chi connectivity index (χ2v) is 3.01. The molecule has 0 fully saturated rings. The van der Waals surface area contributed by atoms with Crippen molar-refractivity contribution in [3.05, 3.63) is 0 Å². The summed E-state index contributed by atoms with van der Waals surface area (Å²) in [5, 5.41) is 8.42. The minimum absolute atomic E-state index is 0.0246. The van der Waals surface area contributed by atoms with E-state index < -0.39 is 5.60 Å². The average molecular weight is 199 g/mol. The Morgan fingerprint density at radius 2 is 2.21 bits per heavy atom. The highest BCUT2D eigenvalue weighted by Gasteiger charge is 2.44. The molecule has 1 heterocycles. The van der Waals surface area contributed by atoms with Crippen LogP contribution in [0.5, 0.6) is 0 Å². The van der Waals surface area contributed by atoms with E-state index >= 15 is 0 Å². The molecule has 0 aliphatic carbocycles.